The largest absolute Gasteiger partial charge is 0.418 e. The van der Waals surface area contributed by atoms with Crippen molar-refractivity contribution < 1.29 is 27.1 Å². The average Bonchev–Trinajstić information content (AvgIpc) is 2.15. The minimum atomic E-state index is -4.93. The second-order valence-electron chi connectivity index (χ2n) is 2.80. The molecule has 16 heavy (non-hydrogen) atoms. The Kier molecular flexibility index (Phi) is 3.84. The van der Waals surface area contributed by atoms with Gasteiger partial charge in [0.1, 0.15) is 0 Å². The van der Waals surface area contributed by atoms with Gasteiger partial charge in [0.15, 0.2) is 0 Å². The van der Waals surface area contributed by atoms with Gasteiger partial charge >= 0.3 is 6.18 Å². The molecule has 1 rings (SSSR count). The maximum Gasteiger partial charge on any atom is 0.418 e. The standard InChI is InChI=1S/C8H5BrF5NO/c9-3-1-15-4(2-16)5(7(10)11)6(3)8(12,13)14/h1,7,16H,2H2. The van der Waals surface area contributed by atoms with E-state index in [4.69, 9.17) is 5.11 Å². The van der Waals surface area contributed by atoms with Crippen molar-refractivity contribution >= 4 is 15.9 Å². The molecule has 0 atom stereocenters. The number of rotatable bonds is 2. The van der Waals surface area contributed by atoms with Crippen molar-refractivity contribution in [2.45, 2.75) is 19.2 Å². The number of pyridine rings is 1. The van der Waals surface area contributed by atoms with Gasteiger partial charge in [-0.2, -0.15) is 13.2 Å². The minimum absolute atomic E-state index is 0.576. The van der Waals surface area contributed by atoms with E-state index in [-0.39, 0.29) is 0 Å². The number of alkyl halides is 5. The molecule has 0 saturated carbocycles. The zero-order valence-corrected chi connectivity index (χ0v) is 9.11. The highest BCUT2D eigenvalue weighted by atomic mass is 79.9. The lowest BCUT2D eigenvalue weighted by Gasteiger charge is -2.16. The third-order valence-electron chi connectivity index (χ3n) is 1.80. The Balaban J connectivity index is 3.55. The molecule has 0 radical (unpaired) electrons. The van der Waals surface area contributed by atoms with Gasteiger partial charge in [-0.1, -0.05) is 0 Å². The summed E-state index contributed by atoms with van der Waals surface area (Å²) < 4.78 is 62.0. The fourth-order valence-corrected chi connectivity index (χ4v) is 1.73. The van der Waals surface area contributed by atoms with Crippen molar-refractivity contribution in [1.82, 2.24) is 4.98 Å². The maximum atomic E-state index is 12.5. The van der Waals surface area contributed by atoms with Crippen LogP contribution in [0.3, 0.4) is 0 Å². The molecule has 0 bridgehead atoms. The van der Waals surface area contributed by atoms with Crippen molar-refractivity contribution in [3.63, 3.8) is 0 Å². The van der Waals surface area contributed by atoms with E-state index in [2.05, 4.69) is 20.9 Å². The van der Waals surface area contributed by atoms with Crippen LogP contribution in [-0.4, -0.2) is 10.1 Å². The van der Waals surface area contributed by atoms with Crippen LogP contribution in [0.5, 0.6) is 0 Å². The molecule has 8 heteroatoms. The van der Waals surface area contributed by atoms with Gasteiger partial charge < -0.3 is 5.11 Å². The smallest absolute Gasteiger partial charge is 0.390 e. The molecule has 1 N–H and O–H groups in total. The number of aliphatic hydroxyl groups excluding tert-OH is 1. The first-order valence-electron chi connectivity index (χ1n) is 3.92. The summed E-state index contributed by atoms with van der Waals surface area (Å²) in [5.41, 5.74) is -3.46. The monoisotopic (exact) mass is 305 g/mol. The number of halogens is 6. The molecule has 0 unspecified atom stereocenters. The summed E-state index contributed by atoms with van der Waals surface area (Å²) >= 11 is 2.52. The van der Waals surface area contributed by atoms with Crippen LogP contribution in [0.15, 0.2) is 10.7 Å². The highest BCUT2D eigenvalue weighted by Gasteiger charge is 2.39. The molecule has 1 aromatic rings. The number of hydrogen-bond donors (Lipinski definition) is 1. The molecular weight excluding hydrogens is 301 g/mol. The molecule has 1 heterocycles. The van der Waals surface area contributed by atoms with E-state index in [0.717, 1.165) is 6.20 Å². The van der Waals surface area contributed by atoms with Crippen LogP contribution in [0.4, 0.5) is 22.0 Å². The lowest BCUT2D eigenvalue weighted by molar-refractivity contribution is -0.140. The third-order valence-corrected chi connectivity index (χ3v) is 2.41. The Hall–Kier alpha value is -0.760. The first-order valence-corrected chi connectivity index (χ1v) is 4.71. The van der Waals surface area contributed by atoms with E-state index in [1.165, 1.54) is 0 Å². The number of nitrogens with zero attached hydrogens (tertiary/aromatic N) is 1. The summed E-state index contributed by atoms with van der Waals surface area (Å²) in [6, 6.07) is 0. The Morgan fingerprint density at radius 1 is 1.38 bits per heavy atom. The van der Waals surface area contributed by atoms with Crippen LogP contribution in [0.2, 0.25) is 0 Å². The molecule has 0 aliphatic heterocycles. The molecule has 0 fully saturated rings. The molecule has 0 saturated heterocycles. The Morgan fingerprint density at radius 2 is 1.94 bits per heavy atom. The molecule has 0 aliphatic rings. The van der Waals surface area contributed by atoms with Crippen molar-refractivity contribution in [3.05, 3.63) is 27.5 Å². The van der Waals surface area contributed by atoms with Gasteiger partial charge in [-0.05, 0) is 15.9 Å². The first kappa shape index (κ1) is 13.3. The van der Waals surface area contributed by atoms with E-state index in [0.29, 0.717) is 0 Å². The van der Waals surface area contributed by atoms with Crippen LogP contribution < -0.4 is 0 Å². The molecule has 0 aliphatic carbocycles. The second kappa shape index (κ2) is 4.62. The maximum absolute atomic E-state index is 12.5. The average molecular weight is 306 g/mol. The normalized spacial score (nSPS) is 12.2. The summed E-state index contributed by atoms with van der Waals surface area (Å²) in [5.74, 6) is 0. The van der Waals surface area contributed by atoms with Gasteiger partial charge in [0.25, 0.3) is 6.43 Å². The van der Waals surface area contributed by atoms with Gasteiger partial charge in [0.2, 0.25) is 0 Å². The van der Waals surface area contributed by atoms with Gasteiger partial charge in [0, 0.05) is 10.7 Å². The van der Waals surface area contributed by atoms with E-state index in [1.807, 2.05) is 0 Å². The van der Waals surface area contributed by atoms with Crippen LogP contribution in [0, 0.1) is 0 Å². The van der Waals surface area contributed by atoms with E-state index >= 15 is 0 Å². The third kappa shape index (κ3) is 2.49. The van der Waals surface area contributed by atoms with Crippen LogP contribution >= 0.6 is 15.9 Å². The summed E-state index contributed by atoms with van der Waals surface area (Å²) in [6.45, 7) is -0.976. The first-order chi connectivity index (χ1) is 7.29. The molecule has 0 spiro atoms. The fourth-order valence-electron chi connectivity index (χ4n) is 1.19. The summed E-state index contributed by atoms with van der Waals surface area (Å²) in [7, 11) is 0. The van der Waals surface area contributed by atoms with Crippen LogP contribution in [-0.2, 0) is 12.8 Å². The SMILES string of the molecule is OCc1ncc(Br)c(C(F)(F)F)c1C(F)F. The molecule has 90 valence electrons. The van der Waals surface area contributed by atoms with E-state index < -0.39 is 40.5 Å². The van der Waals surface area contributed by atoms with Gasteiger partial charge in [-0.25, -0.2) is 8.78 Å². The zero-order valence-electron chi connectivity index (χ0n) is 7.52. The molecular formula is C8H5BrF5NO. The number of hydrogen-bond acceptors (Lipinski definition) is 2. The zero-order chi connectivity index (χ0) is 12.5. The highest BCUT2D eigenvalue weighted by Crippen LogP contribution is 2.41. The summed E-state index contributed by atoms with van der Waals surface area (Å²) in [4.78, 5) is 3.32. The number of aromatic nitrogens is 1. The Bertz CT molecular complexity index is 393. The lowest BCUT2D eigenvalue weighted by Crippen LogP contribution is -2.14. The summed E-state index contributed by atoms with van der Waals surface area (Å²) in [5, 5.41) is 8.67. The summed E-state index contributed by atoms with van der Waals surface area (Å²) in [6.07, 6.45) is -7.55. The predicted octanol–water partition coefficient (Wildman–Crippen LogP) is 3.29. The fraction of sp³-hybridized carbons (Fsp3) is 0.375. The van der Waals surface area contributed by atoms with Crippen LogP contribution in [0.1, 0.15) is 23.2 Å². The Morgan fingerprint density at radius 3 is 2.31 bits per heavy atom. The van der Waals surface area contributed by atoms with Gasteiger partial charge in [-0.3, -0.25) is 4.98 Å². The second-order valence-corrected chi connectivity index (χ2v) is 3.65. The topological polar surface area (TPSA) is 33.1 Å². The number of aliphatic hydroxyl groups is 1. The van der Waals surface area contributed by atoms with Gasteiger partial charge in [-0.15, -0.1) is 0 Å². The molecule has 0 aromatic carbocycles. The molecule has 2 nitrogen and oxygen atoms in total. The highest BCUT2D eigenvalue weighted by molar-refractivity contribution is 9.10. The van der Waals surface area contributed by atoms with Crippen molar-refractivity contribution in [1.29, 1.82) is 0 Å². The van der Waals surface area contributed by atoms with E-state index in [1.54, 1.807) is 0 Å². The quantitative estimate of drug-likeness (QED) is 0.851. The minimum Gasteiger partial charge on any atom is -0.390 e. The Labute approximate surface area is 95.2 Å². The van der Waals surface area contributed by atoms with Crippen molar-refractivity contribution in [2.75, 3.05) is 0 Å². The van der Waals surface area contributed by atoms with Crippen molar-refractivity contribution in [2.24, 2.45) is 0 Å². The van der Waals surface area contributed by atoms with Crippen molar-refractivity contribution in [3.8, 4) is 0 Å². The van der Waals surface area contributed by atoms with Crippen LogP contribution in [0.25, 0.3) is 0 Å². The predicted molar refractivity (Wildman–Crippen MR) is 47.8 cm³/mol. The van der Waals surface area contributed by atoms with Gasteiger partial charge in [0.05, 0.1) is 23.4 Å². The molecule has 0 amide bonds. The lowest BCUT2D eigenvalue weighted by atomic mass is 10.1. The molecule has 1 aromatic heterocycles. The van der Waals surface area contributed by atoms with E-state index in [9.17, 15) is 22.0 Å².